The third kappa shape index (κ3) is 3.35. The molecule has 1 aromatic carbocycles. The van der Waals surface area contributed by atoms with Crippen LogP contribution in [0.4, 0.5) is 0 Å². The van der Waals surface area contributed by atoms with Crippen LogP contribution in [-0.2, 0) is 0 Å². The monoisotopic (exact) mass is 466 g/mol. The molecule has 0 aliphatic heterocycles. The Kier molecular flexibility index (Phi) is 4.30. The molecule has 8 bridgehead atoms. The van der Waals surface area contributed by atoms with E-state index >= 15 is 0 Å². The van der Waals surface area contributed by atoms with Crippen LogP contribution in [0.5, 0.6) is 0 Å². The summed E-state index contributed by atoms with van der Waals surface area (Å²) in [5.74, 6) is 2.04. The fourth-order valence-corrected chi connectivity index (χ4v) is 17.6. The maximum absolute atomic E-state index is 2.65. The lowest BCUT2D eigenvalue weighted by atomic mass is 9.45. The molecule has 9 rings (SSSR count). The van der Waals surface area contributed by atoms with Gasteiger partial charge in [-0.05, 0) is 131 Å². The first-order valence-corrected chi connectivity index (χ1v) is 15.6. The average Bonchev–Trinajstić information content (AvgIpc) is 2.56. The van der Waals surface area contributed by atoms with E-state index in [1.807, 2.05) is 0 Å². The van der Waals surface area contributed by atoms with Crippen molar-refractivity contribution in [2.45, 2.75) is 115 Å². The van der Waals surface area contributed by atoms with E-state index in [9.17, 15) is 0 Å². The van der Waals surface area contributed by atoms with Crippen LogP contribution in [0.2, 0.25) is 0 Å². The molecule has 0 N–H and O–H groups in total. The van der Waals surface area contributed by atoms with Crippen molar-refractivity contribution in [3.05, 3.63) is 24.3 Å². The number of hydrogen-bond acceptors (Lipinski definition) is 0. The molecule has 0 aromatic heterocycles. The van der Waals surface area contributed by atoms with Gasteiger partial charge in [0.2, 0.25) is 0 Å². The van der Waals surface area contributed by atoms with Gasteiger partial charge < -0.3 is 0 Å². The third-order valence-electron chi connectivity index (χ3n) is 11.0. The first-order valence-electron chi connectivity index (χ1n) is 13.6. The predicted molar refractivity (Wildman–Crippen MR) is 143 cm³/mol. The van der Waals surface area contributed by atoms with Gasteiger partial charge in [-0.2, -0.15) is 0 Å². The molecule has 1 aromatic rings. The second-order valence-electron chi connectivity index (χ2n) is 15.6. The zero-order chi connectivity index (χ0) is 22.0. The second kappa shape index (κ2) is 6.44. The lowest BCUT2D eigenvalue weighted by molar-refractivity contribution is -0.0790. The van der Waals surface area contributed by atoms with Crippen molar-refractivity contribution >= 4 is 27.8 Å². The maximum Gasteiger partial charge on any atom is -0.00684 e. The average molecular weight is 467 g/mol. The lowest BCUT2D eigenvalue weighted by Crippen LogP contribution is -2.58. The zero-order valence-corrected chi connectivity index (χ0v) is 22.9. The van der Waals surface area contributed by atoms with E-state index in [4.69, 9.17) is 0 Å². The molecule has 0 spiro atoms. The van der Waals surface area contributed by atoms with E-state index in [1.165, 1.54) is 77.0 Å². The van der Waals surface area contributed by atoms with Crippen LogP contribution in [0.15, 0.2) is 24.3 Å². The Morgan fingerprint density at radius 1 is 0.531 bits per heavy atom. The summed E-state index contributed by atoms with van der Waals surface area (Å²) in [6, 6.07) is 9.85. The molecule has 2 heteroatoms. The van der Waals surface area contributed by atoms with Gasteiger partial charge in [-0.3, -0.25) is 0 Å². The van der Waals surface area contributed by atoms with Crippen LogP contribution >= 0.6 is 17.2 Å². The summed E-state index contributed by atoms with van der Waals surface area (Å²) in [6.07, 6.45) is 18.3. The van der Waals surface area contributed by atoms with Gasteiger partial charge in [0.25, 0.3) is 0 Å². The Morgan fingerprint density at radius 2 is 0.875 bits per heavy atom. The highest BCUT2D eigenvalue weighted by Crippen LogP contribution is 2.72. The minimum atomic E-state index is 0.628. The molecule has 0 heterocycles. The number of benzene rings is 1. The summed E-state index contributed by atoms with van der Waals surface area (Å²) in [5.41, 5.74) is 2.56. The Balaban J connectivity index is 1.20. The summed E-state index contributed by atoms with van der Waals surface area (Å²) in [7, 11) is 2.11. The molecule has 0 radical (unpaired) electrons. The van der Waals surface area contributed by atoms with Gasteiger partial charge in [-0.1, -0.05) is 69.1 Å². The van der Waals surface area contributed by atoms with E-state index < -0.39 is 0 Å². The Hall–Kier alpha value is 0.0800. The molecule has 8 saturated carbocycles. The van der Waals surface area contributed by atoms with Crippen molar-refractivity contribution in [2.75, 3.05) is 0 Å². The lowest BCUT2D eigenvalue weighted by Gasteiger charge is -2.66. The molecular weight excluding hydrogens is 422 g/mol. The summed E-state index contributed by atoms with van der Waals surface area (Å²) >= 11 is 0. The molecule has 0 saturated heterocycles. The molecule has 32 heavy (non-hydrogen) atoms. The Bertz CT molecular complexity index is 850. The molecule has 6 atom stereocenters. The standard InChI is InChI=1S/C30H44P2/c1-25-9-21-10-26(2,15-25)18-29(13-21,17-25)31-23-7-5-6-8-24(23)32-30-14-22-11-27(3,19-30)16-28(4,12-22)20-30/h5-8,21-22,31-32H,9-20H2,1-4H3. The Morgan fingerprint density at radius 3 is 1.19 bits per heavy atom. The van der Waals surface area contributed by atoms with E-state index in [1.54, 1.807) is 10.6 Å². The topological polar surface area (TPSA) is 0 Å². The van der Waals surface area contributed by atoms with Crippen LogP contribution in [0.1, 0.15) is 105 Å². The van der Waals surface area contributed by atoms with Gasteiger partial charge in [0.15, 0.2) is 0 Å². The molecule has 8 fully saturated rings. The predicted octanol–water partition coefficient (Wildman–Crippen LogP) is 7.79. The summed E-state index contributed by atoms with van der Waals surface area (Å²) in [4.78, 5) is 0. The molecule has 0 amide bonds. The second-order valence-corrected chi connectivity index (χ2v) is 19.3. The van der Waals surface area contributed by atoms with E-state index in [0.29, 0.717) is 32.0 Å². The van der Waals surface area contributed by atoms with Crippen LogP contribution in [0.25, 0.3) is 0 Å². The molecule has 6 unspecified atom stereocenters. The number of rotatable bonds is 4. The Labute approximate surface area is 200 Å². The highest BCUT2D eigenvalue weighted by molar-refractivity contribution is 7.56. The fourth-order valence-electron chi connectivity index (χ4n) is 12.4. The maximum atomic E-state index is 2.65. The highest BCUT2D eigenvalue weighted by Gasteiger charge is 2.61. The van der Waals surface area contributed by atoms with Crippen LogP contribution in [0.3, 0.4) is 0 Å². The van der Waals surface area contributed by atoms with Crippen molar-refractivity contribution in [1.82, 2.24) is 0 Å². The van der Waals surface area contributed by atoms with Gasteiger partial charge in [-0.25, -0.2) is 0 Å². The molecular formula is C30H44P2. The number of hydrogen-bond donors (Lipinski definition) is 0. The molecule has 0 nitrogen and oxygen atoms in total. The largest absolute Gasteiger partial charge is 0.0833 e. The summed E-state index contributed by atoms with van der Waals surface area (Å²) in [5, 5.41) is 4.82. The molecule has 174 valence electrons. The van der Waals surface area contributed by atoms with E-state index in [2.05, 4.69) is 52.0 Å². The summed E-state index contributed by atoms with van der Waals surface area (Å²) in [6.45, 7) is 10.6. The van der Waals surface area contributed by atoms with Crippen LogP contribution < -0.4 is 10.6 Å². The van der Waals surface area contributed by atoms with Crippen molar-refractivity contribution in [3.8, 4) is 0 Å². The minimum absolute atomic E-state index is 0.628. The fraction of sp³-hybridized carbons (Fsp3) is 0.800. The zero-order valence-electron chi connectivity index (χ0n) is 20.9. The first kappa shape index (κ1) is 21.4. The molecule has 8 aliphatic carbocycles. The van der Waals surface area contributed by atoms with Gasteiger partial charge >= 0.3 is 0 Å². The smallest absolute Gasteiger partial charge is 0.00684 e. The highest BCUT2D eigenvalue weighted by atomic mass is 31.1. The normalized spacial score (nSPS) is 55.8. The first-order chi connectivity index (χ1) is 15.0. The van der Waals surface area contributed by atoms with E-state index in [0.717, 1.165) is 29.0 Å². The van der Waals surface area contributed by atoms with Gasteiger partial charge in [0.1, 0.15) is 0 Å². The minimum Gasteiger partial charge on any atom is -0.0833 e. The van der Waals surface area contributed by atoms with Gasteiger partial charge in [0.05, 0.1) is 0 Å². The van der Waals surface area contributed by atoms with Gasteiger partial charge in [-0.15, -0.1) is 0 Å². The molecule has 8 aliphatic rings. The van der Waals surface area contributed by atoms with Crippen molar-refractivity contribution in [2.24, 2.45) is 33.5 Å². The quantitative estimate of drug-likeness (QED) is 0.397. The van der Waals surface area contributed by atoms with Crippen LogP contribution in [-0.4, -0.2) is 10.3 Å². The van der Waals surface area contributed by atoms with Crippen LogP contribution in [0, 0.1) is 33.5 Å². The van der Waals surface area contributed by atoms with Crippen molar-refractivity contribution in [1.29, 1.82) is 0 Å². The third-order valence-corrected chi connectivity index (χ3v) is 14.8. The van der Waals surface area contributed by atoms with Gasteiger partial charge in [0, 0.05) is 0 Å². The van der Waals surface area contributed by atoms with Crippen molar-refractivity contribution in [3.63, 3.8) is 0 Å². The van der Waals surface area contributed by atoms with E-state index in [-0.39, 0.29) is 0 Å². The summed E-state index contributed by atoms with van der Waals surface area (Å²) < 4.78 is 0. The van der Waals surface area contributed by atoms with Crippen molar-refractivity contribution < 1.29 is 0 Å². The SMILES string of the molecule is CC12CC3CC(C)(C1)CC(Pc1ccccc1PC14CC5CC(C)(CC(C)(C5)C1)C4)(C3)C2.